The third kappa shape index (κ3) is 1.86. The number of nitrogens with zero attached hydrogens (tertiary/aromatic N) is 1. The summed E-state index contributed by atoms with van der Waals surface area (Å²) in [5.41, 5.74) is 3.28. The Hall–Kier alpha value is -1.63. The zero-order valence-corrected chi connectivity index (χ0v) is 10.1. The minimum atomic E-state index is 0.248. The van der Waals surface area contributed by atoms with E-state index in [9.17, 15) is 0 Å². The van der Waals surface area contributed by atoms with Gasteiger partial charge in [0.15, 0.2) is 0 Å². The first kappa shape index (κ1) is 10.5. The van der Waals surface area contributed by atoms with Crippen molar-refractivity contribution >= 4 is 11.3 Å². The molecule has 3 rings (SSSR count). The minimum Gasteiger partial charge on any atom is -0.306 e. The van der Waals surface area contributed by atoms with Crippen molar-refractivity contribution in [2.75, 3.05) is 6.54 Å². The fraction of sp³-hybridized carbons (Fsp3) is 0.214. The molecule has 1 aromatic heterocycles. The zero-order valence-electron chi connectivity index (χ0n) is 9.31. The third-order valence-electron chi connectivity index (χ3n) is 3.14. The Bertz CT molecular complexity index is 580. The maximum Gasteiger partial charge on any atom is 0.0991 e. The summed E-state index contributed by atoms with van der Waals surface area (Å²) in [5, 5.41) is 14.6. The van der Waals surface area contributed by atoms with Crippen LogP contribution in [-0.2, 0) is 6.42 Å². The Morgan fingerprint density at radius 3 is 3.18 bits per heavy atom. The van der Waals surface area contributed by atoms with E-state index in [1.165, 1.54) is 16.0 Å². The van der Waals surface area contributed by atoms with E-state index in [1.807, 2.05) is 29.5 Å². The molecule has 0 bridgehead atoms. The van der Waals surface area contributed by atoms with Crippen LogP contribution in [0.3, 0.4) is 0 Å². The van der Waals surface area contributed by atoms with E-state index < -0.39 is 0 Å². The molecule has 1 N–H and O–H groups in total. The van der Waals surface area contributed by atoms with Gasteiger partial charge in [0.05, 0.1) is 17.7 Å². The van der Waals surface area contributed by atoms with Gasteiger partial charge in [-0.05, 0) is 41.1 Å². The summed E-state index contributed by atoms with van der Waals surface area (Å²) in [4.78, 5) is 1.47. The van der Waals surface area contributed by atoms with Crippen molar-refractivity contribution in [3.8, 4) is 6.07 Å². The predicted molar refractivity (Wildman–Crippen MR) is 69.0 cm³/mol. The molecule has 0 spiro atoms. The lowest BCUT2D eigenvalue weighted by atomic mass is 9.94. The van der Waals surface area contributed by atoms with Gasteiger partial charge in [-0.25, -0.2) is 0 Å². The second-order valence-electron chi connectivity index (χ2n) is 4.17. The maximum atomic E-state index is 8.95. The molecule has 2 aromatic rings. The van der Waals surface area contributed by atoms with Crippen LogP contribution in [0.15, 0.2) is 35.7 Å². The fourth-order valence-electron chi connectivity index (χ4n) is 2.34. The topological polar surface area (TPSA) is 35.8 Å². The highest BCUT2D eigenvalue weighted by atomic mass is 32.1. The summed E-state index contributed by atoms with van der Waals surface area (Å²) >= 11 is 1.83. The molecule has 2 nitrogen and oxygen atoms in total. The predicted octanol–water partition coefficient (Wildman–Crippen LogP) is 2.85. The smallest absolute Gasteiger partial charge is 0.0991 e. The van der Waals surface area contributed by atoms with Gasteiger partial charge in [0.25, 0.3) is 0 Å². The van der Waals surface area contributed by atoms with Crippen LogP contribution in [0, 0.1) is 11.3 Å². The summed E-state index contributed by atoms with van der Waals surface area (Å²) < 4.78 is 0. The van der Waals surface area contributed by atoms with Crippen molar-refractivity contribution in [2.24, 2.45) is 0 Å². The average Bonchev–Trinajstić information content (AvgIpc) is 2.87. The molecule has 0 radical (unpaired) electrons. The number of benzene rings is 1. The molecular formula is C14H12N2S. The quantitative estimate of drug-likeness (QED) is 0.832. The van der Waals surface area contributed by atoms with Gasteiger partial charge in [-0.3, -0.25) is 0 Å². The van der Waals surface area contributed by atoms with E-state index in [0.717, 1.165) is 18.5 Å². The molecule has 0 amide bonds. The van der Waals surface area contributed by atoms with Crippen molar-refractivity contribution in [3.05, 3.63) is 57.3 Å². The van der Waals surface area contributed by atoms with Crippen LogP contribution in [-0.4, -0.2) is 6.54 Å². The summed E-state index contributed by atoms with van der Waals surface area (Å²) in [6.45, 7) is 1.01. The highest BCUT2D eigenvalue weighted by molar-refractivity contribution is 7.10. The highest BCUT2D eigenvalue weighted by Gasteiger charge is 2.22. The number of nitriles is 1. The number of thiophene rings is 1. The Morgan fingerprint density at radius 2 is 2.29 bits per heavy atom. The number of fused-ring (bicyclic) bond motifs is 1. The normalized spacial score (nSPS) is 18.4. The van der Waals surface area contributed by atoms with Gasteiger partial charge >= 0.3 is 0 Å². The van der Waals surface area contributed by atoms with Gasteiger partial charge in [0.1, 0.15) is 0 Å². The molecule has 2 heterocycles. The number of hydrogen-bond donors (Lipinski definition) is 1. The molecule has 3 heteroatoms. The molecule has 0 fully saturated rings. The van der Waals surface area contributed by atoms with E-state index in [0.29, 0.717) is 0 Å². The van der Waals surface area contributed by atoms with Crippen LogP contribution in [0.2, 0.25) is 0 Å². The molecule has 0 saturated carbocycles. The lowest BCUT2D eigenvalue weighted by molar-refractivity contribution is 0.575. The monoisotopic (exact) mass is 240 g/mol. The van der Waals surface area contributed by atoms with E-state index >= 15 is 0 Å². The average molecular weight is 240 g/mol. The van der Waals surface area contributed by atoms with Crippen LogP contribution in [0.1, 0.15) is 27.6 Å². The Kier molecular flexibility index (Phi) is 2.68. The summed E-state index contributed by atoms with van der Waals surface area (Å²) in [7, 11) is 0. The molecule has 0 aliphatic carbocycles. The fourth-order valence-corrected chi connectivity index (χ4v) is 3.26. The van der Waals surface area contributed by atoms with Crippen LogP contribution >= 0.6 is 11.3 Å². The van der Waals surface area contributed by atoms with E-state index in [1.54, 1.807) is 0 Å². The summed E-state index contributed by atoms with van der Waals surface area (Å²) in [6, 6.07) is 12.5. The third-order valence-corrected chi connectivity index (χ3v) is 4.14. The SMILES string of the molecule is N#Cc1cccc(C2NCCc3sccc32)c1. The second kappa shape index (κ2) is 4.33. The van der Waals surface area contributed by atoms with Crippen molar-refractivity contribution < 1.29 is 0 Å². The second-order valence-corrected chi connectivity index (χ2v) is 5.17. The molecule has 17 heavy (non-hydrogen) atoms. The van der Waals surface area contributed by atoms with E-state index in [-0.39, 0.29) is 6.04 Å². The Morgan fingerprint density at radius 1 is 1.35 bits per heavy atom. The van der Waals surface area contributed by atoms with Crippen molar-refractivity contribution in [1.82, 2.24) is 5.32 Å². The van der Waals surface area contributed by atoms with Crippen LogP contribution in [0.25, 0.3) is 0 Å². The molecule has 0 saturated heterocycles. The summed E-state index contributed by atoms with van der Waals surface area (Å²) in [6.07, 6.45) is 1.11. The van der Waals surface area contributed by atoms with Crippen LogP contribution in [0.5, 0.6) is 0 Å². The van der Waals surface area contributed by atoms with Crippen molar-refractivity contribution in [2.45, 2.75) is 12.5 Å². The van der Waals surface area contributed by atoms with Gasteiger partial charge in [-0.15, -0.1) is 11.3 Å². The maximum absolute atomic E-state index is 8.95. The minimum absolute atomic E-state index is 0.248. The van der Waals surface area contributed by atoms with Gasteiger partial charge < -0.3 is 5.32 Å². The van der Waals surface area contributed by atoms with Crippen LogP contribution in [0.4, 0.5) is 0 Å². The van der Waals surface area contributed by atoms with Gasteiger partial charge in [0, 0.05) is 11.4 Å². The standard InChI is InChI=1S/C14H12N2S/c15-9-10-2-1-3-11(8-10)14-12-5-7-17-13(12)4-6-16-14/h1-3,5,7-8,14,16H,4,6H2. The van der Waals surface area contributed by atoms with E-state index in [2.05, 4.69) is 28.9 Å². The first-order valence-corrected chi connectivity index (χ1v) is 6.56. The molecule has 1 aromatic carbocycles. The van der Waals surface area contributed by atoms with Crippen molar-refractivity contribution in [1.29, 1.82) is 5.26 Å². The first-order chi connectivity index (χ1) is 8.38. The molecule has 84 valence electrons. The number of rotatable bonds is 1. The molecule has 1 atom stereocenters. The number of hydrogen-bond acceptors (Lipinski definition) is 3. The molecule has 1 aliphatic rings. The lowest BCUT2D eigenvalue weighted by Gasteiger charge is -2.24. The first-order valence-electron chi connectivity index (χ1n) is 5.68. The lowest BCUT2D eigenvalue weighted by Crippen LogP contribution is -2.29. The molecule has 1 aliphatic heterocycles. The Labute approximate surface area is 105 Å². The summed E-state index contributed by atoms with van der Waals surface area (Å²) in [5.74, 6) is 0. The van der Waals surface area contributed by atoms with Gasteiger partial charge in [-0.1, -0.05) is 12.1 Å². The molecule has 1 unspecified atom stereocenters. The molecular weight excluding hydrogens is 228 g/mol. The van der Waals surface area contributed by atoms with Crippen LogP contribution < -0.4 is 5.32 Å². The van der Waals surface area contributed by atoms with Gasteiger partial charge in [0.2, 0.25) is 0 Å². The number of nitrogens with one attached hydrogen (secondary N) is 1. The Balaban J connectivity index is 2.04. The van der Waals surface area contributed by atoms with Crippen molar-refractivity contribution in [3.63, 3.8) is 0 Å². The van der Waals surface area contributed by atoms with E-state index in [4.69, 9.17) is 5.26 Å². The van der Waals surface area contributed by atoms with Gasteiger partial charge in [-0.2, -0.15) is 5.26 Å². The highest BCUT2D eigenvalue weighted by Crippen LogP contribution is 2.32. The zero-order chi connectivity index (χ0) is 11.7. The largest absolute Gasteiger partial charge is 0.306 e.